The lowest BCUT2D eigenvalue weighted by molar-refractivity contribution is -0.133. The largest absolute Gasteiger partial charge is 0.484 e. The maximum atomic E-state index is 12.4. The second-order valence-corrected chi connectivity index (χ2v) is 9.83. The van der Waals surface area contributed by atoms with Crippen LogP contribution in [-0.4, -0.2) is 63.3 Å². The van der Waals surface area contributed by atoms with E-state index in [4.69, 9.17) is 4.74 Å². The van der Waals surface area contributed by atoms with Gasteiger partial charge in [0.2, 0.25) is 0 Å². The molecule has 1 saturated heterocycles. The predicted octanol–water partition coefficient (Wildman–Crippen LogP) is 2.43. The second kappa shape index (κ2) is 8.00. The molecule has 152 valence electrons. The Morgan fingerprint density at radius 3 is 2.48 bits per heavy atom. The molecule has 0 radical (unpaired) electrons. The lowest BCUT2D eigenvalue weighted by atomic mass is 10.3. The first kappa shape index (κ1) is 19.7. The molecule has 1 aliphatic rings. The number of hydrogen-bond acceptors (Lipinski definition) is 7. The van der Waals surface area contributed by atoms with Crippen molar-refractivity contribution in [2.45, 2.75) is 4.90 Å². The molecule has 1 aromatic heterocycles. The van der Waals surface area contributed by atoms with Gasteiger partial charge in [-0.2, -0.15) is 0 Å². The van der Waals surface area contributed by atoms with Crippen molar-refractivity contribution < 1.29 is 17.9 Å². The molecule has 7 nitrogen and oxygen atoms in total. The van der Waals surface area contributed by atoms with Gasteiger partial charge in [-0.05, 0) is 24.3 Å². The molecule has 0 bridgehead atoms. The minimum Gasteiger partial charge on any atom is -0.484 e. The normalized spacial score (nSPS) is 14.9. The van der Waals surface area contributed by atoms with Gasteiger partial charge < -0.3 is 14.5 Å². The standard InChI is InChI=1S/C20H21N3O4S2/c1-29(25,26)17-9-5-8-16-19(17)21-20(28-16)23-12-10-22(11-13-23)18(24)14-27-15-6-3-2-4-7-15/h2-9H,10-14H2,1H3. The van der Waals surface area contributed by atoms with E-state index in [9.17, 15) is 13.2 Å². The minimum absolute atomic E-state index is 0.0167. The molecule has 0 N–H and O–H groups in total. The first-order chi connectivity index (χ1) is 13.9. The van der Waals surface area contributed by atoms with E-state index in [0.717, 1.165) is 9.83 Å². The summed E-state index contributed by atoms with van der Waals surface area (Å²) >= 11 is 1.47. The molecular formula is C20H21N3O4S2. The Kier molecular flexibility index (Phi) is 5.42. The van der Waals surface area contributed by atoms with Crippen LogP contribution in [0.25, 0.3) is 10.2 Å². The number of rotatable bonds is 5. The van der Waals surface area contributed by atoms with Gasteiger partial charge in [-0.15, -0.1) is 0 Å². The van der Waals surface area contributed by atoms with Crippen LogP contribution >= 0.6 is 11.3 Å². The fourth-order valence-corrected chi connectivity index (χ4v) is 5.19. The van der Waals surface area contributed by atoms with Gasteiger partial charge in [0.1, 0.15) is 11.3 Å². The molecule has 0 aliphatic carbocycles. The van der Waals surface area contributed by atoms with E-state index in [-0.39, 0.29) is 17.4 Å². The molecule has 0 spiro atoms. The van der Waals surface area contributed by atoms with Crippen LogP contribution in [-0.2, 0) is 14.6 Å². The van der Waals surface area contributed by atoms with Crippen molar-refractivity contribution in [3.05, 3.63) is 48.5 Å². The summed E-state index contributed by atoms with van der Waals surface area (Å²) in [6.07, 6.45) is 1.20. The molecule has 9 heteroatoms. The third-order valence-corrected chi connectivity index (χ3v) is 6.99. The van der Waals surface area contributed by atoms with Crippen LogP contribution in [0.3, 0.4) is 0 Å². The molecule has 4 rings (SSSR count). The first-order valence-electron chi connectivity index (χ1n) is 9.22. The van der Waals surface area contributed by atoms with Crippen LogP contribution in [0.15, 0.2) is 53.4 Å². The van der Waals surface area contributed by atoms with Gasteiger partial charge in [0, 0.05) is 32.4 Å². The number of carbonyl (C=O) groups is 1. The van der Waals surface area contributed by atoms with Crippen molar-refractivity contribution in [1.29, 1.82) is 0 Å². The van der Waals surface area contributed by atoms with Crippen LogP contribution in [0, 0.1) is 0 Å². The third kappa shape index (κ3) is 4.35. The highest BCUT2D eigenvalue weighted by molar-refractivity contribution is 7.91. The lowest BCUT2D eigenvalue weighted by Gasteiger charge is -2.34. The zero-order valence-corrected chi connectivity index (χ0v) is 17.6. The Morgan fingerprint density at radius 2 is 1.79 bits per heavy atom. The Morgan fingerprint density at radius 1 is 1.07 bits per heavy atom. The van der Waals surface area contributed by atoms with Crippen molar-refractivity contribution >= 4 is 42.4 Å². The van der Waals surface area contributed by atoms with Gasteiger partial charge in [-0.1, -0.05) is 35.6 Å². The molecular weight excluding hydrogens is 410 g/mol. The lowest BCUT2D eigenvalue weighted by Crippen LogP contribution is -2.50. The van der Waals surface area contributed by atoms with E-state index < -0.39 is 9.84 Å². The second-order valence-electron chi connectivity index (χ2n) is 6.84. The summed E-state index contributed by atoms with van der Waals surface area (Å²) in [7, 11) is -3.34. The number of aromatic nitrogens is 1. The van der Waals surface area contributed by atoms with Gasteiger partial charge in [0.25, 0.3) is 5.91 Å². The third-order valence-electron chi connectivity index (χ3n) is 4.78. The van der Waals surface area contributed by atoms with E-state index in [1.165, 1.54) is 17.6 Å². The number of thiazole rings is 1. The van der Waals surface area contributed by atoms with Crippen molar-refractivity contribution in [2.75, 3.05) is 43.9 Å². The van der Waals surface area contributed by atoms with Gasteiger partial charge in [-0.3, -0.25) is 4.79 Å². The van der Waals surface area contributed by atoms with Gasteiger partial charge >= 0.3 is 0 Å². The molecule has 1 aliphatic heterocycles. The Balaban J connectivity index is 1.40. The number of fused-ring (bicyclic) bond motifs is 1. The molecule has 1 amide bonds. The molecule has 2 aromatic carbocycles. The molecule has 0 saturated carbocycles. The number of hydrogen-bond donors (Lipinski definition) is 0. The monoisotopic (exact) mass is 431 g/mol. The highest BCUT2D eigenvalue weighted by atomic mass is 32.2. The van der Waals surface area contributed by atoms with Crippen LogP contribution in [0.4, 0.5) is 5.13 Å². The zero-order chi connectivity index (χ0) is 20.4. The number of ether oxygens (including phenoxy) is 1. The zero-order valence-electron chi connectivity index (χ0n) is 15.9. The predicted molar refractivity (Wildman–Crippen MR) is 113 cm³/mol. The summed E-state index contributed by atoms with van der Waals surface area (Å²) in [5.74, 6) is 0.632. The molecule has 0 atom stereocenters. The summed E-state index contributed by atoms with van der Waals surface area (Å²) in [6, 6.07) is 14.5. The number of carbonyl (C=O) groups excluding carboxylic acids is 1. The van der Waals surface area contributed by atoms with E-state index in [2.05, 4.69) is 9.88 Å². The maximum Gasteiger partial charge on any atom is 0.260 e. The van der Waals surface area contributed by atoms with Crippen molar-refractivity contribution in [3.8, 4) is 5.75 Å². The van der Waals surface area contributed by atoms with Crippen LogP contribution < -0.4 is 9.64 Å². The molecule has 3 aromatic rings. The van der Waals surface area contributed by atoms with Crippen molar-refractivity contribution in [1.82, 2.24) is 9.88 Å². The molecule has 2 heterocycles. The summed E-state index contributed by atoms with van der Waals surface area (Å²) in [4.78, 5) is 21.1. The van der Waals surface area contributed by atoms with Crippen molar-refractivity contribution in [3.63, 3.8) is 0 Å². The fraction of sp³-hybridized carbons (Fsp3) is 0.300. The number of nitrogens with zero attached hydrogens (tertiary/aromatic N) is 3. The van der Waals surface area contributed by atoms with Crippen LogP contribution in [0.5, 0.6) is 5.75 Å². The Bertz CT molecular complexity index is 1120. The van der Waals surface area contributed by atoms with E-state index in [0.29, 0.717) is 37.4 Å². The number of sulfone groups is 1. The maximum absolute atomic E-state index is 12.4. The highest BCUT2D eigenvalue weighted by Gasteiger charge is 2.24. The molecule has 1 fully saturated rings. The van der Waals surface area contributed by atoms with Crippen molar-refractivity contribution in [2.24, 2.45) is 0 Å². The average Bonchev–Trinajstić information content (AvgIpc) is 3.16. The number of benzene rings is 2. The summed E-state index contributed by atoms with van der Waals surface area (Å²) in [5, 5.41) is 0.781. The Hall–Kier alpha value is -2.65. The molecule has 29 heavy (non-hydrogen) atoms. The highest BCUT2D eigenvalue weighted by Crippen LogP contribution is 2.33. The average molecular weight is 432 g/mol. The summed E-state index contributed by atoms with van der Waals surface area (Å²) in [5.41, 5.74) is 0.518. The SMILES string of the molecule is CS(=O)(=O)c1cccc2sc(N3CCN(C(=O)COc4ccccc4)CC3)nc12. The topological polar surface area (TPSA) is 79.8 Å². The summed E-state index contributed by atoms with van der Waals surface area (Å²) in [6.45, 7) is 2.46. The minimum atomic E-state index is -3.34. The smallest absolute Gasteiger partial charge is 0.260 e. The number of para-hydroxylation sites is 2. The van der Waals surface area contributed by atoms with E-state index >= 15 is 0 Å². The quantitative estimate of drug-likeness (QED) is 0.617. The van der Waals surface area contributed by atoms with Gasteiger partial charge in [-0.25, -0.2) is 13.4 Å². The molecule has 0 unspecified atom stereocenters. The number of amides is 1. The number of piperazine rings is 1. The van der Waals surface area contributed by atoms with Crippen LogP contribution in [0.1, 0.15) is 0 Å². The van der Waals surface area contributed by atoms with E-state index in [1.807, 2.05) is 36.4 Å². The fourth-order valence-electron chi connectivity index (χ4n) is 3.25. The van der Waals surface area contributed by atoms with E-state index in [1.54, 1.807) is 17.0 Å². The van der Waals surface area contributed by atoms with Gasteiger partial charge in [0.05, 0.1) is 9.60 Å². The first-order valence-corrected chi connectivity index (χ1v) is 11.9. The van der Waals surface area contributed by atoms with Gasteiger partial charge in [0.15, 0.2) is 21.6 Å². The summed E-state index contributed by atoms with van der Waals surface area (Å²) < 4.78 is 30.4. The number of anilines is 1. The van der Waals surface area contributed by atoms with Crippen LogP contribution in [0.2, 0.25) is 0 Å². The Labute approximate surface area is 173 Å².